The standard InChI is InChI=1S/C27H23N3O3/c1-19-9-13-23(14-10-19)29-26(31)27(32)30-28-17-20-11-15-24(16-12-20)33-18-22-7-4-6-21-5-2-3-8-25(21)22/h2-17H,18H2,1H3,(H,29,31)(H,30,32). The number of amides is 2. The van der Waals surface area contributed by atoms with E-state index in [1.807, 2.05) is 61.5 Å². The van der Waals surface area contributed by atoms with Crippen molar-refractivity contribution in [3.8, 4) is 5.75 Å². The predicted molar refractivity (Wildman–Crippen MR) is 130 cm³/mol. The predicted octanol–water partition coefficient (Wildman–Crippen LogP) is 4.82. The zero-order valence-electron chi connectivity index (χ0n) is 18.1. The molecule has 0 radical (unpaired) electrons. The van der Waals surface area contributed by atoms with Crippen molar-refractivity contribution in [1.82, 2.24) is 5.43 Å². The topological polar surface area (TPSA) is 79.8 Å². The van der Waals surface area contributed by atoms with Crippen LogP contribution in [-0.2, 0) is 16.2 Å². The molecule has 0 saturated heterocycles. The van der Waals surface area contributed by atoms with Gasteiger partial charge in [-0.2, -0.15) is 5.10 Å². The molecule has 2 amide bonds. The molecule has 4 rings (SSSR count). The summed E-state index contributed by atoms with van der Waals surface area (Å²) in [6.07, 6.45) is 1.46. The minimum absolute atomic E-state index is 0.459. The highest BCUT2D eigenvalue weighted by atomic mass is 16.5. The van der Waals surface area contributed by atoms with Crippen LogP contribution in [-0.4, -0.2) is 18.0 Å². The third-order valence-corrected chi connectivity index (χ3v) is 5.05. The molecule has 0 aliphatic rings. The fourth-order valence-electron chi connectivity index (χ4n) is 3.27. The summed E-state index contributed by atoms with van der Waals surface area (Å²) in [6.45, 7) is 2.40. The van der Waals surface area contributed by atoms with E-state index in [9.17, 15) is 9.59 Å². The van der Waals surface area contributed by atoms with Gasteiger partial charge < -0.3 is 10.1 Å². The Kier molecular flexibility index (Phi) is 6.75. The normalized spacial score (nSPS) is 10.8. The summed E-state index contributed by atoms with van der Waals surface area (Å²) in [7, 11) is 0. The number of fused-ring (bicyclic) bond motifs is 1. The average Bonchev–Trinajstić information content (AvgIpc) is 2.85. The van der Waals surface area contributed by atoms with Crippen molar-refractivity contribution in [2.24, 2.45) is 5.10 Å². The second kappa shape index (κ2) is 10.2. The van der Waals surface area contributed by atoms with Gasteiger partial charge in [0.1, 0.15) is 12.4 Å². The smallest absolute Gasteiger partial charge is 0.329 e. The van der Waals surface area contributed by atoms with Crippen LogP contribution in [0.2, 0.25) is 0 Å². The van der Waals surface area contributed by atoms with E-state index in [0.717, 1.165) is 22.4 Å². The van der Waals surface area contributed by atoms with Gasteiger partial charge in [0.2, 0.25) is 0 Å². The summed E-state index contributed by atoms with van der Waals surface area (Å²) in [5.41, 5.74) is 5.71. The Labute approximate surface area is 191 Å². The molecule has 4 aromatic rings. The number of nitrogens with one attached hydrogen (secondary N) is 2. The number of benzene rings is 4. The molecule has 0 saturated carbocycles. The summed E-state index contributed by atoms with van der Waals surface area (Å²) in [5.74, 6) is -0.906. The Hall–Kier alpha value is -4.45. The van der Waals surface area contributed by atoms with Gasteiger partial charge in [0.15, 0.2) is 0 Å². The highest BCUT2D eigenvalue weighted by molar-refractivity contribution is 6.39. The number of hydrazone groups is 1. The van der Waals surface area contributed by atoms with E-state index >= 15 is 0 Å². The second-order valence-electron chi connectivity index (χ2n) is 7.52. The van der Waals surface area contributed by atoms with Gasteiger partial charge in [-0.25, -0.2) is 5.43 Å². The number of ether oxygens (including phenoxy) is 1. The highest BCUT2D eigenvalue weighted by Crippen LogP contribution is 2.21. The molecule has 0 aromatic heterocycles. The molecule has 0 aliphatic heterocycles. The van der Waals surface area contributed by atoms with E-state index in [0.29, 0.717) is 12.3 Å². The number of rotatable bonds is 6. The number of anilines is 1. The lowest BCUT2D eigenvalue weighted by atomic mass is 10.1. The molecule has 0 atom stereocenters. The Morgan fingerprint density at radius 1 is 0.848 bits per heavy atom. The third-order valence-electron chi connectivity index (χ3n) is 5.05. The van der Waals surface area contributed by atoms with Crippen molar-refractivity contribution in [3.05, 3.63) is 108 Å². The summed E-state index contributed by atoms with van der Waals surface area (Å²) in [5, 5.41) is 8.72. The molecule has 0 aliphatic carbocycles. The molecule has 4 aromatic carbocycles. The lowest BCUT2D eigenvalue weighted by Gasteiger charge is -2.09. The summed E-state index contributed by atoms with van der Waals surface area (Å²) >= 11 is 0. The zero-order chi connectivity index (χ0) is 23.0. The Morgan fingerprint density at radius 3 is 2.36 bits per heavy atom. The second-order valence-corrected chi connectivity index (χ2v) is 7.52. The molecule has 0 bridgehead atoms. The van der Waals surface area contributed by atoms with E-state index in [2.05, 4.69) is 40.1 Å². The Bertz CT molecular complexity index is 1290. The van der Waals surface area contributed by atoms with Crippen LogP contribution in [0.5, 0.6) is 5.75 Å². The fraction of sp³-hybridized carbons (Fsp3) is 0.0741. The van der Waals surface area contributed by atoms with Gasteiger partial charge in [-0.3, -0.25) is 9.59 Å². The lowest BCUT2D eigenvalue weighted by Crippen LogP contribution is -2.32. The number of nitrogens with zero attached hydrogens (tertiary/aromatic N) is 1. The molecule has 2 N–H and O–H groups in total. The summed E-state index contributed by atoms with van der Waals surface area (Å²) in [4.78, 5) is 23.9. The van der Waals surface area contributed by atoms with Crippen LogP contribution in [0.3, 0.4) is 0 Å². The SMILES string of the molecule is Cc1ccc(NC(=O)C(=O)NN=Cc2ccc(OCc3cccc4ccccc34)cc2)cc1. The van der Waals surface area contributed by atoms with Crippen LogP contribution in [0.1, 0.15) is 16.7 Å². The van der Waals surface area contributed by atoms with Gasteiger partial charge >= 0.3 is 11.8 Å². The van der Waals surface area contributed by atoms with Crippen molar-refractivity contribution in [2.75, 3.05) is 5.32 Å². The summed E-state index contributed by atoms with van der Waals surface area (Å²) in [6, 6.07) is 28.8. The quantitative estimate of drug-likeness (QED) is 0.258. The minimum Gasteiger partial charge on any atom is -0.489 e. The van der Waals surface area contributed by atoms with Crippen LogP contribution in [0.4, 0.5) is 5.69 Å². The third kappa shape index (κ3) is 5.83. The van der Waals surface area contributed by atoms with Gasteiger partial charge in [-0.15, -0.1) is 0 Å². The molecule has 33 heavy (non-hydrogen) atoms. The molecule has 164 valence electrons. The Balaban J connectivity index is 1.28. The average molecular weight is 437 g/mol. The van der Waals surface area contributed by atoms with Crippen LogP contribution in [0, 0.1) is 6.92 Å². The van der Waals surface area contributed by atoms with Crippen LogP contribution < -0.4 is 15.5 Å². The van der Waals surface area contributed by atoms with Crippen molar-refractivity contribution in [3.63, 3.8) is 0 Å². The first-order valence-corrected chi connectivity index (χ1v) is 10.5. The lowest BCUT2D eigenvalue weighted by molar-refractivity contribution is -0.136. The minimum atomic E-state index is -0.845. The van der Waals surface area contributed by atoms with Crippen LogP contribution in [0.15, 0.2) is 96.1 Å². The molecule has 0 fully saturated rings. The molecule has 6 heteroatoms. The monoisotopic (exact) mass is 437 g/mol. The van der Waals surface area contributed by atoms with E-state index in [1.54, 1.807) is 12.1 Å². The van der Waals surface area contributed by atoms with E-state index in [4.69, 9.17) is 4.74 Å². The highest BCUT2D eigenvalue weighted by Gasteiger charge is 2.12. The van der Waals surface area contributed by atoms with Gasteiger partial charge in [0.25, 0.3) is 0 Å². The number of hydrogen-bond donors (Lipinski definition) is 2. The molecule has 0 heterocycles. The van der Waals surface area contributed by atoms with Gasteiger partial charge in [0, 0.05) is 5.69 Å². The maximum atomic E-state index is 11.9. The Morgan fingerprint density at radius 2 is 1.58 bits per heavy atom. The van der Waals surface area contributed by atoms with E-state index in [1.165, 1.54) is 17.0 Å². The first kappa shape index (κ1) is 21.8. The van der Waals surface area contributed by atoms with Gasteiger partial charge in [-0.05, 0) is 65.2 Å². The fourth-order valence-corrected chi connectivity index (χ4v) is 3.27. The number of aryl methyl sites for hydroxylation is 1. The van der Waals surface area contributed by atoms with Gasteiger partial charge in [-0.1, -0.05) is 60.2 Å². The maximum Gasteiger partial charge on any atom is 0.329 e. The molecule has 6 nitrogen and oxygen atoms in total. The number of carbonyl (C=O) groups excluding carboxylic acids is 2. The van der Waals surface area contributed by atoms with E-state index < -0.39 is 11.8 Å². The van der Waals surface area contributed by atoms with Gasteiger partial charge in [0.05, 0.1) is 6.21 Å². The van der Waals surface area contributed by atoms with Crippen molar-refractivity contribution < 1.29 is 14.3 Å². The zero-order valence-corrected chi connectivity index (χ0v) is 18.1. The number of carbonyl (C=O) groups is 2. The molecule has 0 unspecified atom stereocenters. The number of hydrogen-bond acceptors (Lipinski definition) is 4. The van der Waals surface area contributed by atoms with E-state index in [-0.39, 0.29) is 0 Å². The first-order valence-electron chi connectivity index (χ1n) is 10.5. The molecule has 0 spiro atoms. The largest absolute Gasteiger partial charge is 0.489 e. The van der Waals surface area contributed by atoms with Crippen LogP contribution >= 0.6 is 0 Å². The molecular weight excluding hydrogens is 414 g/mol. The first-order chi connectivity index (χ1) is 16.1. The van der Waals surface area contributed by atoms with Crippen molar-refractivity contribution >= 4 is 34.5 Å². The van der Waals surface area contributed by atoms with Crippen LogP contribution in [0.25, 0.3) is 10.8 Å². The van der Waals surface area contributed by atoms with Crippen molar-refractivity contribution in [2.45, 2.75) is 13.5 Å². The molecular formula is C27H23N3O3. The van der Waals surface area contributed by atoms with Crippen molar-refractivity contribution in [1.29, 1.82) is 0 Å². The summed E-state index contributed by atoms with van der Waals surface area (Å²) < 4.78 is 5.93. The maximum absolute atomic E-state index is 11.9.